The number of ether oxygens (including phenoxy) is 2. The molecule has 0 radical (unpaired) electrons. The van der Waals surface area contributed by atoms with E-state index >= 15 is 0 Å². The highest BCUT2D eigenvalue weighted by molar-refractivity contribution is 8.27. The molecule has 8 nitrogen and oxygen atoms in total. The molecule has 2 aliphatic heterocycles. The number of aromatic nitrogens is 1. The maximum Gasteiger partial charge on any atom is 0.283 e. The number of rotatable bonds is 6. The van der Waals surface area contributed by atoms with Gasteiger partial charge in [0, 0.05) is 23.5 Å². The number of amidine groups is 2. The van der Waals surface area contributed by atoms with Gasteiger partial charge in [0.1, 0.15) is 17.5 Å². The number of aliphatic imine (C=N–C) groups is 1. The number of hydrogen-bond acceptors (Lipinski definition) is 7. The smallest absolute Gasteiger partial charge is 0.283 e. The lowest BCUT2D eigenvalue weighted by atomic mass is 10.1. The number of pyridine rings is 1. The molecule has 174 valence electrons. The molecular weight excluding hydrogens is 469 g/mol. The minimum Gasteiger partial charge on any atom is -0.493 e. The molecule has 35 heavy (non-hydrogen) atoms. The van der Waals surface area contributed by atoms with Crippen LogP contribution in [0, 0.1) is 11.2 Å². The Morgan fingerprint density at radius 2 is 1.91 bits per heavy atom. The van der Waals surface area contributed by atoms with Crippen LogP contribution in [0.15, 0.2) is 82.7 Å². The van der Waals surface area contributed by atoms with Crippen molar-refractivity contribution in [2.75, 3.05) is 7.11 Å². The van der Waals surface area contributed by atoms with E-state index in [1.165, 1.54) is 29.9 Å². The van der Waals surface area contributed by atoms with Gasteiger partial charge in [-0.1, -0.05) is 24.3 Å². The van der Waals surface area contributed by atoms with E-state index in [-0.39, 0.29) is 23.8 Å². The summed E-state index contributed by atoms with van der Waals surface area (Å²) in [6.07, 6.45) is 4.85. The molecule has 3 aromatic rings. The fraction of sp³-hybridized carbons (Fsp3) is 0.0800. The molecule has 0 atom stereocenters. The van der Waals surface area contributed by atoms with Gasteiger partial charge in [0.15, 0.2) is 17.3 Å². The summed E-state index contributed by atoms with van der Waals surface area (Å²) in [5, 5.41) is 15.3. The van der Waals surface area contributed by atoms with Crippen molar-refractivity contribution in [3.63, 3.8) is 0 Å². The van der Waals surface area contributed by atoms with Crippen LogP contribution in [-0.2, 0) is 11.4 Å². The van der Waals surface area contributed by atoms with Gasteiger partial charge in [-0.05, 0) is 53.7 Å². The molecule has 2 aliphatic rings. The number of thioether (sulfide) groups is 1. The normalized spacial score (nSPS) is 16.2. The number of methoxy groups -OCH3 is 1. The van der Waals surface area contributed by atoms with E-state index < -0.39 is 5.91 Å². The zero-order chi connectivity index (χ0) is 24.4. The maximum atomic E-state index is 13.9. The third kappa shape index (κ3) is 4.56. The number of benzene rings is 2. The Kier molecular flexibility index (Phi) is 6.11. The minimum atomic E-state index is -0.529. The first kappa shape index (κ1) is 22.5. The van der Waals surface area contributed by atoms with Gasteiger partial charge in [0.05, 0.1) is 12.7 Å². The standard InChI is InChI=1S/C25H18FN5O3S/c1-33-21-13-15(6-7-20(21)34-14-17-4-2-3-5-19(17)26)12-18-22(27)31-25(29-23(18)32)35-24(30-31)16-8-10-28-11-9-16/h2-13,27H,14H2,1H3/b18-12+,27-22?. The topological polar surface area (TPSA) is 100 Å². The van der Waals surface area contributed by atoms with Gasteiger partial charge in [-0.15, -0.1) is 0 Å². The zero-order valence-corrected chi connectivity index (χ0v) is 19.3. The van der Waals surface area contributed by atoms with Gasteiger partial charge in [-0.2, -0.15) is 15.1 Å². The molecule has 2 aromatic carbocycles. The second kappa shape index (κ2) is 9.51. The largest absolute Gasteiger partial charge is 0.493 e. The lowest BCUT2D eigenvalue weighted by Crippen LogP contribution is -2.35. The Hall–Kier alpha value is -4.31. The molecule has 10 heteroatoms. The van der Waals surface area contributed by atoms with E-state index in [1.807, 2.05) is 0 Å². The van der Waals surface area contributed by atoms with Crippen molar-refractivity contribution in [3.05, 3.63) is 95.1 Å². The average Bonchev–Trinajstić information content (AvgIpc) is 3.31. The number of hydrazone groups is 1. The fourth-order valence-corrected chi connectivity index (χ4v) is 4.33. The second-order valence-electron chi connectivity index (χ2n) is 7.45. The summed E-state index contributed by atoms with van der Waals surface area (Å²) < 4.78 is 25.1. The van der Waals surface area contributed by atoms with Crippen molar-refractivity contribution < 1.29 is 18.7 Å². The molecule has 3 heterocycles. The highest BCUT2D eigenvalue weighted by Crippen LogP contribution is 2.33. The van der Waals surface area contributed by atoms with Crippen LogP contribution in [0.25, 0.3) is 6.08 Å². The van der Waals surface area contributed by atoms with Crippen LogP contribution in [-0.4, -0.2) is 39.1 Å². The molecule has 0 spiro atoms. The first-order valence-corrected chi connectivity index (χ1v) is 11.3. The monoisotopic (exact) mass is 487 g/mol. The van der Waals surface area contributed by atoms with Crippen molar-refractivity contribution >= 4 is 39.8 Å². The zero-order valence-electron chi connectivity index (χ0n) is 18.4. The highest BCUT2D eigenvalue weighted by atomic mass is 32.2. The SMILES string of the molecule is COc1cc(/C=C2\C(=N)N3N=C(c4ccncc4)SC3=NC2=O)ccc1OCc1ccccc1F. The number of nitrogens with one attached hydrogen (secondary N) is 1. The van der Waals surface area contributed by atoms with Crippen LogP contribution in [0.5, 0.6) is 11.5 Å². The summed E-state index contributed by atoms with van der Waals surface area (Å²) in [4.78, 5) is 20.8. The number of carbonyl (C=O) groups is 1. The van der Waals surface area contributed by atoms with Crippen molar-refractivity contribution in [1.82, 2.24) is 9.99 Å². The molecule has 5 rings (SSSR count). The van der Waals surface area contributed by atoms with Gasteiger partial charge in [0.2, 0.25) is 5.17 Å². The molecule has 0 bridgehead atoms. The van der Waals surface area contributed by atoms with E-state index in [4.69, 9.17) is 14.9 Å². The number of amides is 1. The summed E-state index contributed by atoms with van der Waals surface area (Å²) in [5.74, 6) is -0.124. The van der Waals surface area contributed by atoms with Gasteiger partial charge in [0.25, 0.3) is 5.91 Å². The minimum absolute atomic E-state index is 0.0362. The highest BCUT2D eigenvalue weighted by Gasteiger charge is 2.36. The number of fused-ring (bicyclic) bond motifs is 1. The third-order valence-electron chi connectivity index (χ3n) is 5.22. The lowest BCUT2D eigenvalue weighted by molar-refractivity contribution is -0.114. The van der Waals surface area contributed by atoms with Gasteiger partial charge in [-0.25, -0.2) is 4.39 Å². The number of halogens is 1. The quantitative estimate of drug-likeness (QED) is 0.515. The predicted molar refractivity (Wildman–Crippen MR) is 132 cm³/mol. The molecule has 0 saturated carbocycles. The van der Waals surface area contributed by atoms with E-state index in [9.17, 15) is 9.18 Å². The van der Waals surface area contributed by atoms with Crippen LogP contribution in [0.1, 0.15) is 16.7 Å². The molecule has 0 saturated heterocycles. The molecule has 0 fully saturated rings. The van der Waals surface area contributed by atoms with Crippen molar-refractivity contribution in [2.45, 2.75) is 6.61 Å². The summed E-state index contributed by atoms with van der Waals surface area (Å²) >= 11 is 1.22. The van der Waals surface area contributed by atoms with Crippen LogP contribution in [0.2, 0.25) is 0 Å². The average molecular weight is 488 g/mol. The molecular formula is C25H18FN5O3S. The lowest BCUT2D eigenvalue weighted by Gasteiger charge is -2.20. The first-order chi connectivity index (χ1) is 17.0. The Labute approximate surface area is 204 Å². The Morgan fingerprint density at radius 3 is 2.69 bits per heavy atom. The Bertz CT molecular complexity index is 1420. The summed E-state index contributed by atoms with van der Waals surface area (Å²) in [6, 6.07) is 15.0. The molecule has 1 aromatic heterocycles. The fourth-order valence-electron chi connectivity index (χ4n) is 3.43. The summed E-state index contributed by atoms with van der Waals surface area (Å²) in [6.45, 7) is 0.0362. The van der Waals surface area contributed by atoms with Crippen LogP contribution in [0.3, 0.4) is 0 Å². The van der Waals surface area contributed by atoms with E-state index in [2.05, 4.69) is 15.1 Å². The van der Waals surface area contributed by atoms with Crippen LogP contribution in [0.4, 0.5) is 4.39 Å². The van der Waals surface area contributed by atoms with E-state index in [0.29, 0.717) is 32.8 Å². The predicted octanol–water partition coefficient (Wildman–Crippen LogP) is 4.48. The maximum absolute atomic E-state index is 13.9. The first-order valence-electron chi connectivity index (χ1n) is 10.5. The van der Waals surface area contributed by atoms with Crippen LogP contribution >= 0.6 is 11.8 Å². The van der Waals surface area contributed by atoms with Gasteiger partial charge < -0.3 is 9.47 Å². The summed E-state index contributed by atoms with van der Waals surface area (Å²) in [7, 11) is 1.49. The number of nitrogens with zero attached hydrogens (tertiary/aromatic N) is 4. The number of hydrogen-bond donors (Lipinski definition) is 1. The van der Waals surface area contributed by atoms with Crippen molar-refractivity contribution in [2.24, 2.45) is 10.1 Å². The number of carbonyl (C=O) groups excluding carboxylic acids is 1. The van der Waals surface area contributed by atoms with E-state index in [1.54, 1.807) is 67.0 Å². The summed E-state index contributed by atoms with van der Waals surface area (Å²) in [5.41, 5.74) is 1.95. The second-order valence-corrected chi connectivity index (χ2v) is 8.41. The molecule has 1 N–H and O–H groups in total. The molecule has 1 amide bonds. The Balaban J connectivity index is 1.38. The van der Waals surface area contributed by atoms with Gasteiger partial charge in [-0.3, -0.25) is 15.2 Å². The third-order valence-corrected chi connectivity index (χ3v) is 6.18. The molecule has 0 unspecified atom stereocenters. The van der Waals surface area contributed by atoms with E-state index in [0.717, 1.165) is 5.56 Å². The van der Waals surface area contributed by atoms with Crippen molar-refractivity contribution in [1.29, 1.82) is 5.41 Å². The van der Waals surface area contributed by atoms with Crippen molar-refractivity contribution in [3.8, 4) is 11.5 Å². The Morgan fingerprint density at radius 1 is 1.11 bits per heavy atom. The van der Waals surface area contributed by atoms with Gasteiger partial charge >= 0.3 is 0 Å². The van der Waals surface area contributed by atoms with Crippen LogP contribution < -0.4 is 9.47 Å². The molecule has 0 aliphatic carbocycles.